The number of hydrogen-bond donors (Lipinski definition) is 0. The zero-order valence-electron chi connectivity index (χ0n) is 15.1. The molecule has 1 aromatic heterocycles. The van der Waals surface area contributed by atoms with Crippen molar-refractivity contribution in [1.82, 2.24) is 0 Å². The lowest BCUT2D eigenvalue weighted by Crippen LogP contribution is -2.30. The van der Waals surface area contributed by atoms with Crippen molar-refractivity contribution in [3.05, 3.63) is 41.6 Å². The Labute approximate surface area is 146 Å². The quantitative estimate of drug-likeness (QED) is 0.361. The Hall–Kier alpha value is -1.02. The molecule has 2 heteroatoms. The summed E-state index contributed by atoms with van der Waals surface area (Å²) in [6.07, 6.45) is 11.1. The molecule has 0 aliphatic heterocycles. The third-order valence-corrected chi connectivity index (χ3v) is 5.66. The van der Waals surface area contributed by atoms with Gasteiger partial charge in [-0.15, -0.1) is 3.97 Å². The zero-order valence-corrected chi connectivity index (χ0v) is 15.9. The molecule has 0 spiro atoms. The molecule has 0 fully saturated rings. The van der Waals surface area contributed by atoms with Crippen LogP contribution in [0.1, 0.15) is 69.5 Å². The molecule has 0 saturated carbocycles. The van der Waals surface area contributed by atoms with Crippen LogP contribution < -0.4 is 3.97 Å². The number of unbranched alkanes of at least 4 members (excludes halogenated alkanes) is 7. The van der Waals surface area contributed by atoms with Crippen LogP contribution in [0, 0.1) is 13.8 Å². The summed E-state index contributed by atoms with van der Waals surface area (Å²) in [6.45, 7) is 6.66. The van der Waals surface area contributed by atoms with Crippen molar-refractivity contribution in [2.45, 2.75) is 72.1 Å². The number of pyridine rings is 1. The van der Waals surface area contributed by atoms with E-state index in [2.05, 4.69) is 55.1 Å². The summed E-state index contributed by atoms with van der Waals surface area (Å²) < 4.78 is 2.41. The van der Waals surface area contributed by atoms with E-state index >= 15 is 0 Å². The maximum Gasteiger partial charge on any atom is 0.226 e. The van der Waals surface area contributed by atoms with Crippen molar-refractivity contribution in [2.24, 2.45) is 0 Å². The molecule has 0 saturated heterocycles. The summed E-state index contributed by atoms with van der Waals surface area (Å²) in [5.74, 6) is 1.22. The molecule has 0 radical (unpaired) electrons. The van der Waals surface area contributed by atoms with Crippen molar-refractivity contribution in [2.75, 3.05) is 5.75 Å². The minimum absolute atomic E-state index is 1.22. The molecular weight excluding hydrogens is 298 g/mol. The predicted molar refractivity (Wildman–Crippen MR) is 104 cm³/mol. The lowest BCUT2D eigenvalue weighted by Gasteiger charge is -2.04. The molecule has 2 aromatic rings. The fraction of sp³-hybridized carbons (Fsp3) is 0.571. The summed E-state index contributed by atoms with van der Waals surface area (Å²) in [5, 5.41) is 1.35. The Bertz CT molecular complexity index is 606. The van der Waals surface area contributed by atoms with Gasteiger partial charge in [-0.1, -0.05) is 63.5 Å². The van der Waals surface area contributed by atoms with E-state index in [4.69, 9.17) is 0 Å². The Balaban J connectivity index is 1.77. The van der Waals surface area contributed by atoms with E-state index in [1.165, 1.54) is 79.3 Å². The first kappa shape index (κ1) is 18.3. The summed E-state index contributed by atoms with van der Waals surface area (Å²) in [7, 11) is 0. The monoisotopic (exact) mass is 330 g/mol. The number of fused-ring (bicyclic) bond motifs is 1. The van der Waals surface area contributed by atoms with Gasteiger partial charge < -0.3 is 0 Å². The fourth-order valence-corrected chi connectivity index (χ4v) is 4.11. The molecule has 2 rings (SSSR count). The molecule has 0 atom stereocenters. The third kappa shape index (κ3) is 5.84. The van der Waals surface area contributed by atoms with Gasteiger partial charge in [0.1, 0.15) is 0 Å². The molecule has 0 aliphatic carbocycles. The molecule has 0 bridgehead atoms. The summed E-state index contributed by atoms with van der Waals surface area (Å²) in [5.41, 5.74) is 4.02. The number of aromatic nitrogens is 1. The number of aryl methyl sites for hydroxylation is 2. The van der Waals surface area contributed by atoms with Crippen LogP contribution in [0.3, 0.4) is 0 Å². The second-order valence-corrected chi connectivity index (χ2v) is 7.67. The SMILES string of the molecule is CCCCCCCCCCS[n+]1c(C)ccc2cc(C)ccc21. The van der Waals surface area contributed by atoms with E-state index < -0.39 is 0 Å². The topological polar surface area (TPSA) is 3.88 Å². The van der Waals surface area contributed by atoms with Gasteiger partial charge in [-0.05, 0) is 25.5 Å². The summed E-state index contributed by atoms with van der Waals surface area (Å²) in [6, 6.07) is 11.2. The average Bonchev–Trinajstić information content (AvgIpc) is 2.55. The van der Waals surface area contributed by atoms with Gasteiger partial charge in [0.25, 0.3) is 0 Å². The first-order valence-electron chi connectivity index (χ1n) is 9.27. The molecule has 1 heterocycles. The first-order valence-corrected chi connectivity index (χ1v) is 10.2. The third-order valence-electron chi connectivity index (χ3n) is 4.44. The molecular formula is C21H32NS+. The van der Waals surface area contributed by atoms with Crippen LogP contribution in [-0.2, 0) is 0 Å². The Morgan fingerprint density at radius 3 is 2.26 bits per heavy atom. The van der Waals surface area contributed by atoms with Crippen LogP contribution in [0.2, 0.25) is 0 Å². The van der Waals surface area contributed by atoms with E-state index in [0.29, 0.717) is 0 Å². The molecule has 0 unspecified atom stereocenters. The van der Waals surface area contributed by atoms with Crippen LogP contribution in [0.5, 0.6) is 0 Å². The van der Waals surface area contributed by atoms with Crippen LogP contribution in [-0.4, -0.2) is 5.75 Å². The zero-order chi connectivity index (χ0) is 16.5. The maximum absolute atomic E-state index is 2.41. The Morgan fingerprint density at radius 2 is 1.52 bits per heavy atom. The van der Waals surface area contributed by atoms with Crippen LogP contribution in [0.15, 0.2) is 30.3 Å². The minimum atomic E-state index is 1.22. The summed E-state index contributed by atoms with van der Waals surface area (Å²) in [4.78, 5) is 0. The van der Waals surface area contributed by atoms with Gasteiger partial charge in [0.05, 0.1) is 5.75 Å². The highest BCUT2D eigenvalue weighted by Gasteiger charge is 2.14. The van der Waals surface area contributed by atoms with Gasteiger partial charge in [0, 0.05) is 24.4 Å². The smallest absolute Gasteiger partial charge is 0.124 e. The summed E-state index contributed by atoms with van der Waals surface area (Å²) >= 11 is 1.97. The lowest BCUT2D eigenvalue weighted by atomic mass is 10.1. The average molecular weight is 331 g/mol. The molecule has 126 valence electrons. The number of hydrogen-bond acceptors (Lipinski definition) is 1. The molecule has 0 N–H and O–H groups in total. The molecule has 0 amide bonds. The highest BCUT2D eigenvalue weighted by atomic mass is 32.2. The maximum atomic E-state index is 2.41. The first-order chi connectivity index (χ1) is 11.2. The van der Waals surface area contributed by atoms with Crippen molar-refractivity contribution in [3.63, 3.8) is 0 Å². The predicted octanol–water partition coefficient (Wildman–Crippen LogP) is 6.38. The van der Waals surface area contributed by atoms with E-state index in [1.54, 1.807) is 0 Å². The van der Waals surface area contributed by atoms with Gasteiger partial charge in [-0.25, -0.2) is 0 Å². The van der Waals surface area contributed by atoms with E-state index in [0.717, 1.165) is 0 Å². The number of rotatable bonds is 10. The van der Waals surface area contributed by atoms with Crippen molar-refractivity contribution in [1.29, 1.82) is 0 Å². The van der Waals surface area contributed by atoms with Crippen molar-refractivity contribution < 1.29 is 3.97 Å². The molecule has 0 aliphatic rings. The number of benzene rings is 1. The molecule has 23 heavy (non-hydrogen) atoms. The fourth-order valence-electron chi connectivity index (χ4n) is 3.02. The van der Waals surface area contributed by atoms with Gasteiger partial charge in [-0.3, -0.25) is 0 Å². The Morgan fingerprint density at radius 1 is 0.826 bits per heavy atom. The number of nitrogens with zero attached hydrogens (tertiary/aromatic N) is 1. The van der Waals surface area contributed by atoms with E-state index in [1.807, 2.05) is 11.9 Å². The van der Waals surface area contributed by atoms with Crippen LogP contribution >= 0.6 is 11.9 Å². The van der Waals surface area contributed by atoms with Gasteiger partial charge >= 0.3 is 0 Å². The Kier molecular flexibility index (Phi) is 7.94. The van der Waals surface area contributed by atoms with Gasteiger partial charge in [-0.2, -0.15) is 0 Å². The second kappa shape index (κ2) is 9.97. The highest BCUT2D eigenvalue weighted by molar-refractivity contribution is 7.92. The van der Waals surface area contributed by atoms with E-state index in [-0.39, 0.29) is 0 Å². The van der Waals surface area contributed by atoms with Gasteiger partial charge in [0.2, 0.25) is 5.52 Å². The van der Waals surface area contributed by atoms with Crippen molar-refractivity contribution in [3.8, 4) is 0 Å². The van der Waals surface area contributed by atoms with E-state index in [9.17, 15) is 0 Å². The minimum Gasteiger partial charge on any atom is -0.124 e. The molecule has 1 aromatic carbocycles. The standard InChI is InChI=1S/C21H32NS/c1-4-5-6-7-8-9-10-11-16-23-22-19(3)13-14-20-17-18(2)12-15-21(20)22/h12-15,17H,4-11,16H2,1-3H3/q+1. The second-order valence-electron chi connectivity index (χ2n) is 6.64. The largest absolute Gasteiger partial charge is 0.226 e. The van der Waals surface area contributed by atoms with Crippen molar-refractivity contribution >= 4 is 22.9 Å². The molecule has 1 nitrogen and oxygen atoms in total. The highest BCUT2D eigenvalue weighted by Crippen LogP contribution is 2.17. The van der Waals surface area contributed by atoms with Gasteiger partial charge in [0.15, 0.2) is 17.6 Å². The normalized spacial score (nSPS) is 11.3. The van der Waals surface area contributed by atoms with Crippen LogP contribution in [0.25, 0.3) is 10.9 Å². The van der Waals surface area contributed by atoms with Crippen LogP contribution in [0.4, 0.5) is 0 Å². The lowest BCUT2D eigenvalue weighted by molar-refractivity contribution is -0.471.